The molecule has 16 heavy (non-hydrogen) atoms. The Labute approximate surface area is 93.9 Å². The summed E-state index contributed by atoms with van der Waals surface area (Å²) in [6.45, 7) is 1.79. The number of hydrogen-bond donors (Lipinski definition) is 3. The van der Waals surface area contributed by atoms with Gasteiger partial charge in [0.1, 0.15) is 5.82 Å². The number of nitrogens with one attached hydrogen (secondary N) is 2. The molecule has 3 rings (SSSR count). The molecule has 0 spiro atoms. The quantitative estimate of drug-likeness (QED) is 0.658. The monoisotopic (exact) mass is 214 g/mol. The third kappa shape index (κ3) is 1.67. The molecule has 0 radical (unpaired) electrons. The number of anilines is 1. The zero-order valence-corrected chi connectivity index (χ0v) is 8.96. The number of nitrogens with two attached hydrogens (primary N) is 1. The zero-order chi connectivity index (χ0) is 11.0. The van der Waals surface area contributed by atoms with Gasteiger partial charge < -0.3 is 16.0 Å². The van der Waals surface area contributed by atoms with Gasteiger partial charge in [-0.25, -0.2) is 4.98 Å². The van der Waals surface area contributed by atoms with Gasteiger partial charge in [0.05, 0.1) is 11.4 Å². The molecular weight excluding hydrogens is 200 g/mol. The van der Waals surface area contributed by atoms with Gasteiger partial charge in [-0.2, -0.15) is 0 Å². The first kappa shape index (κ1) is 9.42. The lowest BCUT2D eigenvalue weighted by Gasteiger charge is -1.99. The Morgan fingerprint density at radius 1 is 1.19 bits per heavy atom. The molecule has 2 aromatic rings. The van der Waals surface area contributed by atoms with Crippen molar-refractivity contribution in [2.75, 3.05) is 5.73 Å². The van der Waals surface area contributed by atoms with Crippen molar-refractivity contribution >= 4 is 5.69 Å². The normalized spacial score (nSPS) is 14.0. The van der Waals surface area contributed by atoms with Gasteiger partial charge in [0.2, 0.25) is 0 Å². The van der Waals surface area contributed by atoms with Crippen LogP contribution in [-0.4, -0.2) is 9.97 Å². The minimum atomic E-state index is 0.801. The number of H-pyrrole nitrogens is 1. The Kier molecular flexibility index (Phi) is 2.15. The second-order valence-corrected chi connectivity index (χ2v) is 4.13. The zero-order valence-electron chi connectivity index (χ0n) is 8.96. The van der Waals surface area contributed by atoms with Gasteiger partial charge in [0, 0.05) is 25.2 Å². The second kappa shape index (κ2) is 3.64. The van der Waals surface area contributed by atoms with Crippen LogP contribution >= 0.6 is 0 Å². The van der Waals surface area contributed by atoms with Crippen LogP contribution in [0.1, 0.15) is 22.8 Å². The number of nitrogen functional groups attached to an aromatic ring is 1. The fourth-order valence-corrected chi connectivity index (χ4v) is 2.02. The summed E-state index contributed by atoms with van der Waals surface area (Å²) >= 11 is 0. The number of imidazole rings is 1. The van der Waals surface area contributed by atoms with Crippen molar-refractivity contribution in [2.45, 2.75) is 19.5 Å². The fraction of sp³-hybridized carbons (Fsp3) is 0.250. The fourth-order valence-electron chi connectivity index (χ4n) is 2.02. The first-order chi connectivity index (χ1) is 7.81. The maximum atomic E-state index is 5.65. The number of aromatic amines is 1. The molecule has 4 heteroatoms. The Morgan fingerprint density at radius 3 is 2.75 bits per heavy atom. The van der Waals surface area contributed by atoms with E-state index in [-0.39, 0.29) is 0 Å². The third-order valence-corrected chi connectivity index (χ3v) is 2.86. The van der Waals surface area contributed by atoms with Crippen LogP contribution in [0.3, 0.4) is 0 Å². The molecule has 0 aliphatic carbocycles. The van der Waals surface area contributed by atoms with Crippen LogP contribution in [0, 0.1) is 0 Å². The van der Waals surface area contributed by atoms with Gasteiger partial charge in [-0.1, -0.05) is 12.1 Å². The minimum Gasteiger partial charge on any atom is -0.399 e. The number of aromatic nitrogens is 2. The van der Waals surface area contributed by atoms with Crippen molar-refractivity contribution in [2.24, 2.45) is 0 Å². The van der Waals surface area contributed by atoms with Crippen molar-refractivity contribution in [3.05, 3.63) is 47.0 Å². The summed E-state index contributed by atoms with van der Waals surface area (Å²) in [7, 11) is 0. The van der Waals surface area contributed by atoms with Gasteiger partial charge in [-0.15, -0.1) is 0 Å². The summed E-state index contributed by atoms with van der Waals surface area (Å²) in [4.78, 5) is 7.91. The lowest BCUT2D eigenvalue weighted by Crippen LogP contribution is -2.04. The summed E-state index contributed by atoms with van der Waals surface area (Å²) < 4.78 is 0. The van der Waals surface area contributed by atoms with Gasteiger partial charge in [-0.05, 0) is 17.7 Å². The molecule has 0 atom stereocenters. The molecule has 1 aromatic carbocycles. The van der Waals surface area contributed by atoms with Gasteiger partial charge in [0.25, 0.3) is 0 Å². The molecule has 1 aliphatic heterocycles. The summed E-state index contributed by atoms with van der Waals surface area (Å²) in [5.41, 5.74) is 10.1. The smallest absolute Gasteiger partial charge is 0.111 e. The SMILES string of the molecule is Nc1ccc(Cc2nc3c([nH]2)CNC3)cc1. The molecule has 1 aliphatic rings. The van der Waals surface area contributed by atoms with Crippen LogP contribution in [-0.2, 0) is 19.5 Å². The maximum absolute atomic E-state index is 5.65. The van der Waals surface area contributed by atoms with Crippen LogP contribution in [0.5, 0.6) is 0 Å². The van der Waals surface area contributed by atoms with Crippen molar-refractivity contribution < 1.29 is 0 Å². The number of hydrogen-bond acceptors (Lipinski definition) is 3. The molecule has 0 amide bonds. The molecule has 0 bridgehead atoms. The van der Waals surface area contributed by atoms with E-state index >= 15 is 0 Å². The topological polar surface area (TPSA) is 66.7 Å². The Hall–Kier alpha value is -1.81. The van der Waals surface area contributed by atoms with Crippen LogP contribution in [0.15, 0.2) is 24.3 Å². The molecule has 4 nitrogen and oxygen atoms in total. The summed E-state index contributed by atoms with van der Waals surface area (Å²) in [5.74, 6) is 1.04. The van der Waals surface area contributed by atoms with E-state index in [4.69, 9.17) is 5.73 Å². The number of rotatable bonds is 2. The lowest BCUT2D eigenvalue weighted by atomic mass is 10.1. The summed E-state index contributed by atoms with van der Waals surface area (Å²) in [5, 5.41) is 3.26. The van der Waals surface area contributed by atoms with Crippen LogP contribution in [0.2, 0.25) is 0 Å². The van der Waals surface area contributed by atoms with Crippen molar-refractivity contribution in [1.29, 1.82) is 0 Å². The largest absolute Gasteiger partial charge is 0.399 e. The highest BCUT2D eigenvalue weighted by molar-refractivity contribution is 5.40. The molecule has 0 saturated carbocycles. The van der Waals surface area contributed by atoms with Crippen molar-refractivity contribution in [1.82, 2.24) is 15.3 Å². The number of fused-ring (bicyclic) bond motifs is 1. The van der Waals surface area contributed by atoms with E-state index in [1.165, 1.54) is 11.3 Å². The average molecular weight is 214 g/mol. The van der Waals surface area contributed by atoms with E-state index < -0.39 is 0 Å². The number of nitrogens with zero attached hydrogens (tertiary/aromatic N) is 1. The Bertz CT molecular complexity index is 477. The van der Waals surface area contributed by atoms with E-state index in [9.17, 15) is 0 Å². The molecular formula is C12H14N4. The Balaban J connectivity index is 1.81. The minimum absolute atomic E-state index is 0.801. The predicted octanol–water partition coefficient (Wildman–Crippen LogP) is 1.19. The lowest BCUT2D eigenvalue weighted by molar-refractivity contribution is 0.736. The van der Waals surface area contributed by atoms with E-state index in [0.29, 0.717) is 0 Å². The highest BCUT2D eigenvalue weighted by Crippen LogP contribution is 2.15. The standard InChI is InChI=1S/C12H14N4/c13-9-3-1-8(2-4-9)5-12-15-10-6-14-7-11(10)16-12/h1-4,14H,5-7,13H2,(H,15,16). The van der Waals surface area contributed by atoms with Gasteiger partial charge in [0.15, 0.2) is 0 Å². The first-order valence-corrected chi connectivity index (χ1v) is 5.43. The second-order valence-electron chi connectivity index (χ2n) is 4.13. The maximum Gasteiger partial charge on any atom is 0.111 e. The average Bonchev–Trinajstić information content (AvgIpc) is 2.81. The summed E-state index contributed by atoms with van der Waals surface area (Å²) in [6.07, 6.45) is 0.841. The third-order valence-electron chi connectivity index (χ3n) is 2.86. The van der Waals surface area contributed by atoms with Gasteiger partial charge >= 0.3 is 0 Å². The molecule has 0 saturated heterocycles. The van der Waals surface area contributed by atoms with Crippen LogP contribution < -0.4 is 11.1 Å². The van der Waals surface area contributed by atoms with Crippen molar-refractivity contribution in [3.8, 4) is 0 Å². The van der Waals surface area contributed by atoms with Gasteiger partial charge in [-0.3, -0.25) is 0 Å². The van der Waals surface area contributed by atoms with E-state index in [1.807, 2.05) is 24.3 Å². The van der Waals surface area contributed by atoms with E-state index in [1.54, 1.807) is 0 Å². The molecule has 82 valence electrons. The van der Waals surface area contributed by atoms with E-state index in [0.717, 1.165) is 36.7 Å². The van der Waals surface area contributed by atoms with Crippen LogP contribution in [0.25, 0.3) is 0 Å². The first-order valence-electron chi connectivity index (χ1n) is 5.43. The highest BCUT2D eigenvalue weighted by atomic mass is 15.0. The molecule has 0 fully saturated rings. The highest BCUT2D eigenvalue weighted by Gasteiger charge is 2.15. The van der Waals surface area contributed by atoms with E-state index in [2.05, 4.69) is 15.3 Å². The van der Waals surface area contributed by atoms with Crippen molar-refractivity contribution in [3.63, 3.8) is 0 Å². The predicted molar refractivity (Wildman–Crippen MR) is 62.8 cm³/mol. The molecule has 4 N–H and O–H groups in total. The molecule has 2 heterocycles. The number of benzene rings is 1. The van der Waals surface area contributed by atoms with Crippen LogP contribution in [0.4, 0.5) is 5.69 Å². The summed E-state index contributed by atoms with van der Waals surface area (Å²) in [6, 6.07) is 7.93. The molecule has 0 unspecified atom stereocenters. The molecule has 1 aromatic heterocycles. The Morgan fingerprint density at radius 2 is 2.00 bits per heavy atom.